The summed E-state index contributed by atoms with van der Waals surface area (Å²) in [5.41, 5.74) is 14.2. The largest absolute Gasteiger partial charge is 0.456 e. The molecule has 1 N–H and O–H groups in total. The number of thiophene rings is 2. The van der Waals surface area contributed by atoms with Crippen molar-refractivity contribution < 1.29 is 8.83 Å². The second-order valence-corrected chi connectivity index (χ2v) is 30.6. The average Bonchev–Trinajstić information content (AvgIpc) is 1.70. The Bertz CT molecular complexity index is 6750. The molecule has 16 radical (unpaired) electrons. The number of anilines is 5. The van der Waals surface area contributed by atoms with Crippen molar-refractivity contribution in [2.75, 3.05) is 15.1 Å². The summed E-state index contributed by atoms with van der Waals surface area (Å²) in [6.45, 7) is 0. The van der Waals surface area contributed by atoms with E-state index in [0.29, 0.717) is 0 Å². The van der Waals surface area contributed by atoms with E-state index in [-0.39, 0.29) is 0 Å². The first-order chi connectivity index (χ1) is 54.3. The van der Waals surface area contributed by atoms with Crippen molar-refractivity contribution in [3.05, 3.63) is 332 Å². The fourth-order valence-corrected chi connectivity index (χ4v) is 18.2. The summed E-state index contributed by atoms with van der Waals surface area (Å²) < 4.78 is 18.3. The number of hydrogen-bond acceptors (Lipinski definition) is 6. The van der Waals surface area contributed by atoms with Crippen LogP contribution in [0.2, 0.25) is 0 Å². The van der Waals surface area contributed by atoms with Gasteiger partial charge in [-0.1, -0.05) is 245 Å². The minimum Gasteiger partial charge on any atom is -0.456 e. The number of para-hydroxylation sites is 2. The van der Waals surface area contributed by atoms with Crippen LogP contribution in [-0.4, -0.2) is 105 Å². The number of benzene rings is 16. The van der Waals surface area contributed by atoms with Crippen molar-refractivity contribution in [2.24, 2.45) is 0 Å². The van der Waals surface area contributed by atoms with E-state index in [1.54, 1.807) is 0 Å². The van der Waals surface area contributed by atoms with Crippen molar-refractivity contribution >= 4 is 317 Å². The standard InChI is InChI=1S/C44H27NOS.C32H21NS.C12H7BrO.CH3I.B14/c1-2-11-32-29(10-1)26-38(34-13-4-3-12-33(32)34)28-20-22-30(23-21-28)45(31-24-25-36-35-14-5-7-17-40(35)46-41(36)27-31)39-16-9-19-43-44(39)37-15-6-8-18-42(37)47-43;1-2-9-24-22(8-1)20-28(26-11-4-3-10-25(24)26)21-16-18-23(19-17-21)33-29-13-7-15-31-32(29)27-12-5-6-14-30(27)34-31;13-8-5-6-10-9-3-1-2-4-11(9)14-12(10)7-8;1-2;1-9(2)13(10(3)4)14(11(5)6)12(7)8/h1-27H;1-20,33H;1-7H;1H3;. The Labute approximate surface area is 689 Å². The molecule has 0 saturated heterocycles. The molecule has 111 heavy (non-hydrogen) atoms. The van der Waals surface area contributed by atoms with Crippen molar-refractivity contribution in [2.45, 2.75) is 0 Å². The van der Waals surface area contributed by atoms with Gasteiger partial charge in [0.1, 0.15) is 22.3 Å². The van der Waals surface area contributed by atoms with Gasteiger partial charge in [-0.3, -0.25) is 0 Å². The zero-order chi connectivity index (χ0) is 76.4. The molecular weight excluding hydrogens is 1550 g/mol. The maximum Gasteiger partial charge on any atom is 0.137 e. The van der Waals surface area contributed by atoms with Crippen LogP contribution in [0.3, 0.4) is 0 Å². The Morgan fingerprint density at radius 3 is 1.21 bits per heavy atom. The number of nitrogens with zero attached hydrogens (tertiary/aromatic N) is 1. The molecule has 20 aromatic rings. The van der Waals surface area contributed by atoms with Crippen molar-refractivity contribution in [3.8, 4) is 22.3 Å². The zero-order valence-corrected chi connectivity index (χ0v) is 66.0. The van der Waals surface area contributed by atoms with Crippen molar-refractivity contribution in [3.63, 3.8) is 0 Å². The number of fused-ring (bicyclic) bond motifs is 18. The molecular formula is C89H58B14BrIN2O2S2. The highest BCUT2D eigenvalue weighted by molar-refractivity contribution is 14.1. The van der Waals surface area contributed by atoms with E-state index in [9.17, 15) is 0 Å². The quantitative estimate of drug-likeness (QED) is 0.0573. The van der Waals surface area contributed by atoms with Gasteiger partial charge in [0.25, 0.3) is 0 Å². The van der Waals surface area contributed by atoms with Gasteiger partial charge in [-0.05, 0) is 186 Å². The second-order valence-electron chi connectivity index (χ2n) is 27.5. The minimum absolute atomic E-state index is 0.519. The maximum atomic E-state index is 6.39. The van der Waals surface area contributed by atoms with Crippen molar-refractivity contribution in [1.82, 2.24) is 0 Å². The van der Waals surface area contributed by atoms with E-state index >= 15 is 0 Å². The fraction of sp³-hybridized carbons (Fsp3) is 0.0112. The first-order valence-corrected chi connectivity index (χ1v) is 41.2. The first kappa shape index (κ1) is 75.4. The number of halogens is 2. The van der Waals surface area contributed by atoms with Gasteiger partial charge in [-0.2, -0.15) is 0 Å². The van der Waals surface area contributed by atoms with E-state index in [1.165, 1.54) is 116 Å². The van der Waals surface area contributed by atoms with E-state index in [0.717, 1.165) is 66.0 Å². The van der Waals surface area contributed by atoms with Crippen LogP contribution in [0.5, 0.6) is 0 Å². The first-order valence-electron chi connectivity index (χ1n) is 36.6. The van der Waals surface area contributed by atoms with Gasteiger partial charge in [0.2, 0.25) is 0 Å². The van der Waals surface area contributed by atoms with Gasteiger partial charge < -0.3 is 19.1 Å². The molecule has 0 aliphatic rings. The Morgan fingerprint density at radius 2 is 0.694 bits per heavy atom. The number of hydrogen-bond donors (Lipinski definition) is 1. The molecule has 4 nitrogen and oxygen atoms in total. The number of rotatable bonds is 12. The zero-order valence-electron chi connectivity index (χ0n) is 60.6. The van der Waals surface area contributed by atoms with E-state index < -0.39 is 38.3 Å². The van der Waals surface area contributed by atoms with Crippen LogP contribution in [-0.2, 0) is 0 Å². The Balaban J connectivity index is 0.000000126. The highest BCUT2D eigenvalue weighted by Crippen LogP contribution is 2.48. The molecule has 0 bridgehead atoms. The molecule has 0 unspecified atom stereocenters. The van der Waals surface area contributed by atoms with Crippen molar-refractivity contribution in [1.29, 1.82) is 0 Å². The topological polar surface area (TPSA) is 41.6 Å². The van der Waals surface area contributed by atoms with Crippen LogP contribution in [0.25, 0.3) is 150 Å². The normalized spacial score (nSPS) is 11.1. The molecule has 4 aromatic heterocycles. The van der Waals surface area contributed by atoms with Gasteiger partial charge >= 0.3 is 0 Å². The van der Waals surface area contributed by atoms with E-state index in [1.807, 2.05) is 70.1 Å². The Kier molecular flexibility index (Phi) is 22.6. The average molecular weight is 1610 g/mol. The second kappa shape index (κ2) is 33.3. The Hall–Kier alpha value is -9.68. The molecule has 0 amide bonds. The third-order valence-electron chi connectivity index (χ3n) is 20.7. The van der Waals surface area contributed by atoms with Gasteiger partial charge in [-0.15, -0.1) is 22.7 Å². The van der Waals surface area contributed by atoms with Gasteiger partial charge in [0.15, 0.2) is 0 Å². The highest BCUT2D eigenvalue weighted by Gasteiger charge is 2.36. The molecule has 0 spiro atoms. The van der Waals surface area contributed by atoms with Crippen LogP contribution in [0.1, 0.15) is 0 Å². The Morgan fingerprint density at radius 1 is 0.315 bits per heavy atom. The lowest BCUT2D eigenvalue weighted by atomic mass is 8.47. The molecule has 0 atom stereocenters. The molecule has 0 saturated carbocycles. The summed E-state index contributed by atoms with van der Waals surface area (Å²) in [6, 6.07) is 117. The van der Waals surface area contributed by atoms with Crippen LogP contribution < -0.4 is 10.2 Å². The summed E-state index contributed by atoms with van der Waals surface area (Å²) in [4.78, 5) is 4.36. The van der Waals surface area contributed by atoms with Gasteiger partial charge in [0, 0.05) is 195 Å². The SMILES string of the molecule is Brc1ccc2c(c1)oc1ccccc12.CI.[B]B([B])B(B([B])[B])B(B([B])[B])B([B])[B].c1ccc2c(c1)cc(-c1ccc(N(c3ccc4c(c3)oc3ccccc34)c3cccc4sc5ccccc5c34)cc1)c1ccccc12.c1ccc2c(c1)cc(-c1ccc(Nc3cccc4sc5ccccc5c34)cc1)c1ccccc12. The summed E-state index contributed by atoms with van der Waals surface area (Å²) in [6.07, 6.45) is -4.08. The molecule has 16 aromatic carbocycles. The van der Waals surface area contributed by atoms with Crippen LogP contribution in [0.15, 0.2) is 341 Å². The van der Waals surface area contributed by atoms with Gasteiger partial charge in [0.05, 0.1) is 5.69 Å². The lowest BCUT2D eigenvalue weighted by Gasteiger charge is -2.34. The molecule has 22 heteroatoms. The lowest BCUT2D eigenvalue weighted by molar-refractivity contribution is 0.668. The highest BCUT2D eigenvalue weighted by atomic mass is 127. The minimum atomic E-state index is -0.760. The molecule has 20 rings (SSSR count). The maximum absolute atomic E-state index is 6.39. The summed E-state index contributed by atoms with van der Waals surface area (Å²) in [5, 5.41) is 23.7. The van der Waals surface area contributed by atoms with E-state index in [2.05, 4.69) is 334 Å². The number of furan rings is 2. The molecule has 4 heterocycles. The summed E-state index contributed by atoms with van der Waals surface area (Å²) >= 11 is 9.27. The summed E-state index contributed by atoms with van der Waals surface area (Å²) in [5.74, 6) is 0. The summed E-state index contributed by atoms with van der Waals surface area (Å²) in [7, 11) is 44.1. The molecule has 504 valence electrons. The van der Waals surface area contributed by atoms with E-state index in [4.69, 9.17) is 70.7 Å². The molecule has 0 aliphatic carbocycles. The molecule has 0 fully saturated rings. The van der Waals surface area contributed by atoms with Crippen LogP contribution in [0, 0.1) is 0 Å². The smallest absolute Gasteiger partial charge is 0.137 e. The van der Waals surface area contributed by atoms with Crippen LogP contribution in [0.4, 0.5) is 28.4 Å². The predicted octanol–water partition coefficient (Wildman–Crippen LogP) is 23.2. The van der Waals surface area contributed by atoms with Gasteiger partial charge in [-0.25, -0.2) is 0 Å². The number of alkyl halides is 1. The number of nitrogens with one attached hydrogen (secondary N) is 1. The predicted molar refractivity (Wildman–Crippen MR) is 513 cm³/mol. The lowest BCUT2D eigenvalue weighted by Crippen LogP contribution is -2.72. The molecule has 0 aliphatic heterocycles. The van der Waals surface area contributed by atoms with Crippen LogP contribution >= 0.6 is 61.2 Å². The fourth-order valence-electron chi connectivity index (χ4n) is 15.6. The third kappa shape index (κ3) is 15.2. The third-order valence-corrected chi connectivity index (χ3v) is 23.4. The monoisotopic (exact) mass is 1610 g/mol.